The molecule has 16 heavy (non-hydrogen) atoms. The molecule has 1 atom stereocenters. The van der Waals surface area contributed by atoms with Gasteiger partial charge in [0.05, 0.1) is 12.7 Å². The number of benzene rings is 1. The van der Waals surface area contributed by atoms with Crippen LogP contribution in [-0.4, -0.2) is 12.6 Å². The largest absolute Gasteiger partial charge is 0.465 e. The Balaban J connectivity index is 2.67. The van der Waals surface area contributed by atoms with Crippen molar-refractivity contribution < 1.29 is 9.53 Å². The first-order valence-corrected chi connectivity index (χ1v) is 5.36. The van der Waals surface area contributed by atoms with E-state index < -0.39 is 11.9 Å². The van der Waals surface area contributed by atoms with Crippen molar-refractivity contribution in [3.63, 3.8) is 0 Å². The van der Waals surface area contributed by atoms with Gasteiger partial charge in [-0.3, -0.25) is 4.79 Å². The SMILES string of the molecule is CCOC(=O)C(C#N)Cc1ccc(Cl)cc1. The number of rotatable bonds is 4. The first kappa shape index (κ1) is 12.5. The lowest BCUT2D eigenvalue weighted by Gasteiger charge is -2.08. The van der Waals surface area contributed by atoms with Gasteiger partial charge in [-0.05, 0) is 31.0 Å². The van der Waals surface area contributed by atoms with Crippen LogP contribution in [0.4, 0.5) is 0 Å². The molecule has 0 amide bonds. The van der Waals surface area contributed by atoms with E-state index in [9.17, 15) is 4.79 Å². The molecule has 0 aliphatic carbocycles. The Labute approximate surface area is 99.6 Å². The van der Waals surface area contributed by atoms with E-state index in [-0.39, 0.29) is 6.61 Å². The Morgan fingerprint density at radius 1 is 1.50 bits per heavy atom. The van der Waals surface area contributed by atoms with Crippen molar-refractivity contribution in [2.45, 2.75) is 13.3 Å². The normalized spacial score (nSPS) is 11.6. The Morgan fingerprint density at radius 3 is 2.62 bits per heavy atom. The molecule has 0 aromatic heterocycles. The summed E-state index contributed by atoms with van der Waals surface area (Å²) in [4.78, 5) is 11.4. The van der Waals surface area contributed by atoms with Crippen molar-refractivity contribution in [2.24, 2.45) is 5.92 Å². The van der Waals surface area contributed by atoms with Gasteiger partial charge >= 0.3 is 5.97 Å². The first-order valence-electron chi connectivity index (χ1n) is 4.98. The highest BCUT2D eigenvalue weighted by molar-refractivity contribution is 6.30. The molecule has 1 unspecified atom stereocenters. The molecule has 0 aliphatic heterocycles. The summed E-state index contributed by atoms with van der Waals surface area (Å²) < 4.78 is 4.80. The molecule has 0 fully saturated rings. The van der Waals surface area contributed by atoms with Gasteiger partial charge in [0.1, 0.15) is 5.92 Å². The number of nitriles is 1. The fourth-order valence-electron chi connectivity index (χ4n) is 1.28. The van der Waals surface area contributed by atoms with Crippen LogP contribution in [0.2, 0.25) is 5.02 Å². The number of ether oxygens (including phenoxy) is 1. The smallest absolute Gasteiger partial charge is 0.323 e. The van der Waals surface area contributed by atoms with Gasteiger partial charge in [0, 0.05) is 5.02 Å². The van der Waals surface area contributed by atoms with Crippen molar-refractivity contribution >= 4 is 17.6 Å². The quantitative estimate of drug-likeness (QED) is 0.757. The summed E-state index contributed by atoms with van der Waals surface area (Å²) >= 11 is 5.74. The number of esters is 1. The third-order valence-electron chi connectivity index (χ3n) is 2.08. The third-order valence-corrected chi connectivity index (χ3v) is 2.33. The number of hydrogen-bond acceptors (Lipinski definition) is 3. The van der Waals surface area contributed by atoms with Crippen molar-refractivity contribution in [3.05, 3.63) is 34.9 Å². The lowest BCUT2D eigenvalue weighted by atomic mass is 10.0. The average molecular weight is 238 g/mol. The van der Waals surface area contributed by atoms with Gasteiger partial charge in [0.15, 0.2) is 0 Å². The highest BCUT2D eigenvalue weighted by Gasteiger charge is 2.19. The summed E-state index contributed by atoms with van der Waals surface area (Å²) in [6.45, 7) is 2.01. The Kier molecular flexibility index (Phi) is 4.81. The predicted molar refractivity (Wildman–Crippen MR) is 60.9 cm³/mol. The molecule has 0 saturated carbocycles. The second kappa shape index (κ2) is 6.14. The molecule has 1 aromatic rings. The Bertz CT molecular complexity index is 394. The van der Waals surface area contributed by atoms with Gasteiger partial charge in [-0.15, -0.1) is 0 Å². The van der Waals surface area contributed by atoms with E-state index in [4.69, 9.17) is 21.6 Å². The Morgan fingerprint density at radius 2 is 2.12 bits per heavy atom. The zero-order valence-electron chi connectivity index (χ0n) is 8.94. The number of carbonyl (C=O) groups excluding carboxylic acids is 1. The first-order chi connectivity index (χ1) is 7.67. The maximum Gasteiger partial charge on any atom is 0.323 e. The highest BCUT2D eigenvalue weighted by Crippen LogP contribution is 2.14. The van der Waals surface area contributed by atoms with Gasteiger partial charge in [-0.1, -0.05) is 23.7 Å². The average Bonchev–Trinajstić information content (AvgIpc) is 2.28. The summed E-state index contributed by atoms with van der Waals surface area (Å²) in [5, 5.41) is 9.49. The standard InChI is InChI=1S/C12H12ClNO2/c1-2-16-12(15)10(8-14)7-9-3-5-11(13)6-4-9/h3-6,10H,2,7H2,1H3. The molecular formula is C12H12ClNO2. The van der Waals surface area contributed by atoms with Crippen LogP contribution >= 0.6 is 11.6 Å². The van der Waals surface area contributed by atoms with Crippen LogP contribution in [0.3, 0.4) is 0 Å². The molecule has 0 aliphatic rings. The lowest BCUT2D eigenvalue weighted by molar-refractivity contribution is -0.145. The van der Waals surface area contributed by atoms with Crippen LogP contribution in [0, 0.1) is 17.2 Å². The fraction of sp³-hybridized carbons (Fsp3) is 0.333. The van der Waals surface area contributed by atoms with Crippen LogP contribution in [0.15, 0.2) is 24.3 Å². The van der Waals surface area contributed by atoms with Crippen LogP contribution in [0.1, 0.15) is 12.5 Å². The van der Waals surface area contributed by atoms with Crippen LogP contribution in [-0.2, 0) is 16.0 Å². The van der Waals surface area contributed by atoms with E-state index >= 15 is 0 Å². The van der Waals surface area contributed by atoms with Crippen molar-refractivity contribution in [2.75, 3.05) is 6.61 Å². The second-order valence-corrected chi connectivity index (χ2v) is 3.70. The number of carbonyl (C=O) groups is 1. The van der Waals surface area contributed by atoms with Gasteiger partial charge in [0.2, 0.25) is 0 Å². The van der Waals surface area contributed by atoms with E-state index in [1.54, 1.807) is 31.2 Å². The van der Waals surface area contributed by atoms with Crippen LogP contribution in [0.5, 0.6) is 0 Å². The molecule has 0 heterocycles. The molecule has 1 rings (SSSR count). The number of halogens is 1. The van der Waals surface area contributed by atoms with Gasteiger partial charge in [-0.25, -0.2) is 0 Å². The fourth-order valence-corrected chi connectivity index (χ4v) is 1.41. The van der Waals surface area contributed by atoms with Gasteiger partial charge in [-0.2, -0.15) is 5.26 Å². The van der Waals surface area contributed by atoms with Gasteiger partial charge < -0.3 is 4.74 Å². The van der Waals surface area contributed by atoms with Crippen LogP contribution < -0.4 is 0 Å². The van der Waals surface area contributed by atoms with Crippen molar-refractivity contribution in [1.82, 2.24) is 0 Å². The molecule has 3 nitrogen and oxygen atoms in total. The molecule has 1 aromatic carbocycles. The van der Waals surface area contributed by atoms with E-state index in [1.165, 1.54) is 0 Å². The van der Waals surface area contributed by atoms with Crippen LogP contribution in [0.25, 0.3) is 0 Å². The molecule has 0 radical (unpaired) electrons. The van der Waals surface area contributed by atoms with Gasteiger partial charge in [0.25, 0.3) is 0 Å². The minimum absolute atomic E-state index is 0.289. The zero-order valence-corrected chi connectivity index (χ0v) is 9.70. The second-order valence-electron chi connectivity index (χ2n) is 3.26. The summed E-state index contributed by atoms with van der Waals surface area (Å²) in [6, 6.07) is 9.00. The predicted octanol–water partition coefficient (Wildman–Crippen LogP) is 2.59. The molecule has 4 heteroatoms. The Hall–Kier alpha value is -1.53. The van der Waals surface area contributed by atoms with E-state index in [1.807, 2.05) is 6.07 Å². The minimum Gasteiger partial charge on any atom is -0.465 e. The maximum atomic E-state index is 11.4. The molecule has 84 valence electrons. The summed E-state index contributed by atoms with van der Waals surface area (Å²) in [5.41, 5.74) is 0.893. The topological polar surface area (TPSA) is 50.1 Å². The summed E-state index contributed by atoms with van der Waals surface area (Å²) in [5.74, 6) is -1.22. The minimum atomic E-state index is -0.749. The van der Waals surface area contributed by atoms with E-state index in [2.05, 4.69) is 0 Å². The molecular weight excluding hydrogens is 226 g/mol. The zero-order chi connectivity index (χ0) is 12.0. The third kappa shape index (κ3) is 3.56. The molecule has 0 saturated heterocycles. The highest BCUT2D eigenvalue weighted by atomic mass is 35.5. The molecule has 0 N–H and O–H groups in total. The maximum absolute atomic E-state index is 11.4. The lowest BCUT2D eigenvalue weighted by Crippen LogP contribution is -2.18. The molecule has 0 spiro atoms. The molecule has 0 bridgehead atoms. The van der Waals surface area contributed by atoms with Crippen molar-refractivity contribution in [1.29, 1.82) is 5.26 Å². The summed E-state index contributed by atoms with van der Waals surface area (Å²) in [7, 11) is 0. The van der Waals surface area contributed by atoms with E-state index in [0.29, 0.717) is 11.4 Å². The monoisotopic (exact) mass is 237 g/mol. The number of nitrogens with zero attached hydrogens (tertiary/aromatic N) is 1. The number of hydrogen-bond donors (Lipinski definition) is 0. The van der Waals surface area contributed by atoms with Crippen molar-refractivity contribution in [3.8, 4) is 6.07 Å². The van der Waals surface area contributed by atoms with E-state index in [0.717, 1.165) is 5.56 Å². The summed E-state index contributed by atoms with van der Waals surface area (Å²) in [6.07, 6.45) is 0.354.